The Labute approximate surface area is 186 Å². The van der Waals surface area contributed by atoms with Crippen molar-refractivity contribution in [1.82, 2.24) is 0 Å². The smallest absolute Gasteiger partial charge is 0.341 e. The maximum Gasteiger partial charge on any atom is 0.341 e. The molecular formula is C24H18BrNO3S. The highest BCUT2D eigenvalue weighted by Gasteiger charge is 2.23. The summed E-state index contributed by atoms with van der Waals surface area (Å²) in [6, 6.07) is 21.0. The lowest BCUT2D eigenvalue weighted by Gasteiger charge is -2.10. The molecule has 0 atom stereocenters. The molecule has 0 fully saturated rings. The van der Waals surface area contributed by atoms with E-state index < -0.39 is 5.97 Å². The number of fused-ring (bicyclic) bond motifs is 1. The number of amides is 1. The van der Waals surface area contributed by atoms with Crippen molar-refractivity contribution in [2.75, 3.05) is 11.9 Å². The van der Waals surface area contributed by atoms with Crippen LogP contribution in [0.2, 0.25) is 0 Å². The number of thiophene rings is 1. The Morgan fingerprint density at radius 1 is 1.00 bits per heavy atom. The third kappa shape index (κ3) is 4.01. The molecule has 1 N–H and O–H groups in total. The Balaban J connectivity index is 1.74. The zero-order chi connectivity index (χ0) is 21.1. The molecule has 3 aromatic carbocycles. The number of halogens is 1. The van der Waals surface area contributed by atoms with Crippen LogP contribution in [-0.4, -0.2) is 18.5 Å². The molecule has 0 aliphatic heterocycles. The minimum atomic E-state index is -0.454. The monoisotopic (exact) mass is 479 g/mol. The van der Waals surface area contributed by atoms with Crippen LogP contribution in [0.25, 0.3) is 21.9 Å². The Morgan fingerprint density at radius 2 is 1.73 bits per heavy atom. The van der Waals surface area contributed by atoms with E-state index >= 15 is 0 Å². The fraction of sp³-hybridized carbons (Fsp3) is 0.0833. The number of anilines is 1. The topological polar surface area (TPSA) is 55.4 Å². The lowest BCUT2D eigenvalue weighted by Crippen LogP contribution is -2.15. The van der Waals surface area contributed by atoms with Gasteiger partial charge in [-0.2, -0.15) is 0 Å². The van der Waals surface area contributed by atoms with Gasteiger partial charge in [-0.05, 0) is 41.5 Å². The molecule has 0 radical (unpaired) electrons. The second-order valence-corrected chi connectivity index (χ2v) is 8.36. The van der Waals surface area contributed by atoms with Crippen LogP contribution in [0.15, 0.2) is 76.6 Å². The van der Waals surface area contributed by atoms with Crippen LogP contribution >= 0.6 is 27.3 Å². The molecule has 0 saturated carbocycles. The van der Waals surface area contributed by atoms with Gasteiger partial charge in [-0.15, -0.1) is 11.3 Å². The largest absolute Gasteiger partial charge is 0.462 e. The van der Waals surface area contributed by atoms with Crippen molar-refractivity contribution in [2.45, 2.75) is 6.92 Å². The van der Waals surface area contributed by atoms with Gasteiger partial charge in [-0.3, -0.25) is 4.79 Å². The van der Waals surface area contributed by atoms with E-state index in [1.54, 1.807) is 13.0 Å². The number of ether oxygens (including phenoxy) is 1. The normalized spacial score (nSPS) is 10.7. The number of hydrogen-bond acceptors (Lipinski definition) is 4. The summed E-state index contributed by atoms with van der Waals surface area (Å²) < 4.78 is 6.23. The van der Waals surface area contributed by atoms with Crippen molar-refractivity contribution in [3.8, 4) is 11.1 Å². The molecule has 4 nitrogen and oxygen atoms in total. The van der Waals surface area contributed by atoms with Gasteiger partial charge in [0.1, 0.15) is 10.6 Å². The summed E-state index contributed by atoms with van der Waals surface area (Å²) >= 11 is 4.74. The van der Waals surface area contributed by atoms with Crippen molar-refractivity contribution in [3.63, 3.8) is 0 Å². The van der Waals surface area contributed by atoms with Crippen LogP contribution < -0.4 is 5.32 Å². The van der Waals surface area contributed by atoms with E-state index in [0.717, 1.165) is 26.4 Å². The fourth-order valence-electron chi connectivity index (χ4n) is 3.29. The summed E-state index contributed by atoms with van der Waals surface area (Å²) in [7, 11) is 0. The number of hydrogen-bond donors (Lipinski definition) is 1. The van der Waals surface area contributed by atoms with E-state index in [4.69, 9.17) is 4.74 Å². The Morgan fingerprint density at radius 3 is 2.50 bits per heavy atom. The molecule has 150 valence electrons. The van der Waals surface area contributed by atoms with Gasteiger partial charge in [0.2, 0.25) is 0 Å². The summed E-state index contributed by atoms with van der Waals surface area (Å²) in [5, 5.41) is 7.12. The lowest BCUT2D eigenvalue weighted by molar-refractivity contribution is 0.0529. The Hall–Kier alpha value is -2.96. The number of carbonyl (C=O) groups is 2. The Bertz CT molecular complexity index is 1230. The van der Waals surface area contributed by atoms with Gasteiger partial charge >= 0.3 is 5.97 Å². The van der Waals surface area contributed by atoms with Crippen molar-refractivity contribution < 1.29 is 14.3 Å². The standard InChI is InChI=1S/C24H18BrNO3S/c1-2-29-24(28)21-20(16-10-12-17(25)13-11-16)14-30-23(21)26-22(27)19-9-5-7-15-6-3-4-8-18(15)19/h3-14H,2H2,1H3,(H,26,27). The third-order valence-corrected chi connectivity index (χ3v) is 6.11. The SMILES string of the molecule is CCOC(=O)c1c(-c2ccc(Br)cc2)csc1NC(=O)c1cccc2ccccc12. The van der Waals surface area contributed by atoms with Crippen LogP contribution in [0.4, 0.5) is 5.00 Å². The molecule has 6 heteroatoms. The highest BCUT2D eigenvalue weighted by atomic mass is 79.9. The first-order chi connectivity index (χ1) is 14.6. The fourth-order valence-corrected chi connectivity index (χ4v) is 4.51. The van der Waals surface area contributed by atoms with Crippen LogP contribution in [-0.2, 0) is 4.74 Å². The molecule has 4 rings (SSSR count). The van der Waals surface area contributed by atoms with E-state index in [-0.39, 0.29) is 12.5 Å². The second-order valence-electron chi connectivity index (χ2n) is 6.56. The maximum absolute atomic E-state index is 13.1. The summed E-state index contributed by atoms with van der Waals surface area (Å²) in [5.41, 5.74) is 2.54. The van der Waals surface area contributed by atoms with Gasteiger partial charge < -0.3 is 10.1 Å². The minimum absolute atomic E-state index is 0.255. The number of benzene rings is 3. The van der Waals surface area contributed by atoms with Crippen molar-refractivity contribution in [3.05, 3.63) is 87.7 Å². The van der Waals surface area contributed by atoms with Gasteiger partial charge in [0, 0.05) is 21.0 Å². The highest BCUT2D eigenvalue weighted by Crippen LogP contribution is 2.37. The van der Waals surface area contributed by atoms with Crippen LogP contribution in [0.1, 0.15) is 27.6 Å². The van der Waals surface area contributed by atoms with Crippen LogP contribution in [0, 0.1) is 0 Å². The van der Waals surface area contributed by atoms with Gasteiger partial charge in [-0.1, -0.05) is 64.5 Å². The van der Waals surface area contributed by atoms with E-state index in [9.17, 15) is 9.59 Å². The molecule has 1 heterocycles. The van der Waals surface area contributed by atoms with Gasteiger partial charge in [0.25, 0.3) is 5.91 Å². The predicted octanol–water partition coefficient (Wildman–Crippen LogP) is 6.76. The number of carbonyl (C=O) groups excluding carboxylic acids is 2. The summed E-state index contributed by atoms with van der Waals surface area (Å²) in [6.07, 6.45) is 0. The quantitative estimate of drug-likeness (QED) is 0.321. The molecule has 0 unspecified atom stereocenters. The molecular weight excluding hydrogens is 462 g/mol. The van der Waals surface area contributed by atoms with Crippen molar-refractivity contribution >= 4 is 54.9 Å². The van der Waals surface area contributed by atoms with Crippen LogP contribution in [0.5, 0.6) is 0 Å². The number of rotatable bonds is 5. The summed E-state index contributed by atoms with van der Waals surface area (Å²) in [6.45, 7) is 2.02. The van der Waals surface area contributed by atoms with Gasteiger partial charge in [-0.25, -0.2) is 4.79 Å². The molecule has 30 heavy (non-hydrogen) atoms. The van der Waals surface area contributed by atoms with E-state index in [0.29, 0.717) is 16.1 Å². The highest BCUT2D eigenvalue weighted by molar-refractivity contribution is 9.10. The first-order valence-electron chi connectivity index (χ1n) is 9.42. The molecule has 0 aliphatic carbocycles. The summed E-state index contributed by atoms with van der Waals surface area (Å²) in [5.74, 6) is -0.716. The average Bonchev–Trinajstić information content (AvgIpc) is 3.17. The van der Waals surface area contributed by atoms with E-state index in [1.807, 2.05) is 66.0 Å². The number of nitrogens with one attached hydrogen (secondary N) is 1. The van der Waals surface area contributed by atoms with E-state index in [2.05, 4.69) is 21.2 Å². The maximum atomic E-state index is 13.1. The van der Waals surface area contributed by atoms with Crippen molar-refractivity contribution in [1.29, 1.82) is 0 Å². The lowest BCUT2D eigenvalue weighted by atomic mass is 10.0. The first-order valence-corrected chi connectivity index (χ1v) is 11.1. The zero-order valence-corrected chi connectivity index (χ0v) is 18.5. The summed E-state index contributed by atoms with van der Waals surface area (Å²) in [4.78, 5) is 25.8. The number of esters is 1. The first kappa shape index (κ1) is 20.3. The molecule has 0 aliphatic rings. The van der Waals surface area contributed by atoms with Gasteiger partial charge in [0.05, 0.1) is 6.61 Å². The molecule has 0 saturated heterocycles. The minimum Gasteiger partial charge on any atom is -0.462 e. The molecule has 0 spiro atoms. The molecule has 4 aromatic rings. The average molecular weight is 480 g/mol. The molecule has 1 amide bonds. The van der Waals surface area contributed by atoms with Gasteiger partial charge in [0.15, 0.2) is 0 Å². The third-order valence-electron chi connectivity index (χ3n) is 4.69. The predicted molar refractivity (Wildman–Crippen MR) is 125 cm³/mol. The molecule has 1 aromatic heterocycles. The zero-order valence-electron chi connectivity index (χ0n) is 16.1. The Kier molecular flexibility index (Phi) is 5.97. The van der Waals surface area contributed by atoms with Crippen molar-refractivity contribution in [2.24, 2.45) is 0 Å². The molecule has 0 bridgehead atoms. The van der Waals surface area contributed by atoms with Crippen LogP contribution in [0.3, 0.4) is 0 Å². The second kappa shape index (κ2) is 8.81. The van der Waals surface area contributed by atoms with E-state index in [1.165, 1.54) is 11.3 Å².